The van der Waals surface area contributed by atoms with Gasteiger partial charge in [-0.25, -0.2) is 0 Å². The van der Waals surface area contributed by atoms with Crippen LogP contribution in [-0.4, -0.2) is 56.5 Å². The van der Waals surface area contributed by atoms with Crippen LogP contribution in [0.5, 0.6) is 0 Å². The molecule has 0 radical (unpaired) electrons. The SMILES string of the molecule is O[Si](O)(O)O.O[Si](O)(O)O.[Hf]. The van der Waals surface area contributed by atoms with Gasteiger partial charge in [-0.1, -0.05) is 0 Å². The molecule has 0 saturated carbocycles. The van der Waals surface area contributed by atoms with Gasteiger partial charge in [0.1, 0.15) is 0 Å². The molecule has 0 aromatic rings. The monoisotopic (exact) mass is 372 g/mol. The fourth-order valence-electron chi connectivity index (χ4n) is 0. The summed E-state index contributed by atoms with van der Waals surface area (Å²) in [7, 11) is -9.22. The van der Waals surface area contributed by atoms with E-state index in [1.54, 1.807) is 0 Å². The fraction of sp³-hybridized carbons (Fsp3) is 0. The first kappa shape index (κ1) is 17.9. The van der Waals surface area contributed by atoms with Crippen molar-refractivity contribution >= 4 is 18.1 Å². The average Bonchev–Trinajstić information content (AvgIpc) is 1.12. The Balaban J connectivity index is -0.000000107. The Morgan fingerprint density at radius 3 is 0.455 bits per heavy atom. The van der Waals surface area contributed by atoms with Crippen molar-refractivity contribution in [3.05, 3.63) is 0 Å². The summed E-state index contributed by atoms with van der Waals surface area (Å²) in [6.07, 6.45) is 0. The second-order valence-electron chi connectivity index (χ2n) is 1.20. The number of hydrogen-bond donors (Lipinski definition) is 8. The minimum atomic E-state index is -4.61. The van der Waals surface area contributed by atoms with Gasteiger partial charge in [0.15, 0.2) is 0 Å². The van der Waals surface area contributed by atoms with E-state index in [4.69, 9.17) is 38.4 Å². The van der Waals surface area contributed by atoms with Gasteiger partial charge < -0.3 is 38.4 Å². The van der Waals surface area contributed by atoms with Gasteiger partial charge in [0, 0.05) is 25.8 Å². The van der Waals surface area contributed by atoms with Crippen LogP contribution in [0.15, 0.2) is 0 Å². The molecule has 0 heterocycles. The molecule has 0 saturated heterocycles. The van der Waals surface area contributed by atoms with Crippen molar-refractivity contribution in [3.63, 3.8) is 0 Å². The molecule has 0 aliphatic heterocycles. The van der Waals surface area contributed by atoms with E-state index in [1.165, 1.54) is 0 Å². The van der Waals surface area contributed by atoms with Crippen molar-refractivity contribution in [1.29, 1.82) is 0 Å². The Bertz CT molecular complexity index is 55.1. The van der Waals surface area contributed by atoms with Gasteiger partial charge in [0.2, 0.25) is 0 Å². The van der Waals surface area contributed by atoms with E-state index in [-0.39, 0.29) is 25.8 Å². The molecule has 0 unspecified atom stereocenters. The van der Waals surface area contributed by atoms with Crippen molar-refractivity contribution < 1.29 is 64.2 Å². The van der Waals surface area contributed by atoms with E-state index in [0.717, 1.165) is 0 Å². The van der Waals surface area contributed by atoms with Crippen LogP contribution >= 0.6 is 0 Å². The predicted molar refractivity (Wildman–Crippen MR) is 29.3 cm³/mol. The van der Waals surface area contributed by atoms with E-state index in [1.807, 2.05) is 0 Å². The molecule has 0 amide bonds. The summed E-state index contributed by atoms with van der Waals surface area (Å²) in [5.74, 6) is 0. The smallest absolute Gasteiger partial charge is 0.368 e. The third-order valence-corrected chi connectivity index (χ3v) is 0. The topological polar surface area (TPSA) is 162 Å². The molecule has 0 atom stereocenters. The largest absolute Gasteiger partial charge is 0.668 e. The maximum absolute atomic E-state index is 7.33. The van der Waals surface area contributed by atoms with E-state index in [2.05, 4.69) is 0 Å². The van der Waals surface area contributed by atoms with Crippen LogP contribution in [0, 0.1) is 0 Å². The Kier molecular flexibility index (Phi) is 10.6. The molecule has 0 spiro atoms. The molecular weight excluding hydrogens is 363 g/mol. The maximum atomic E-state index is 7.33. The first-order valence-corrected chi connectivity index (χ1v) is 5.37. The van der Waals surface area contributed by atoms with Gasteiger partial charge in [-0.05, 0) is 0 Å². The van der Waals surface area contributed by atoms with Crippen molar-refractivity contribution in [3.8, 4) is 0 Å². The Hall–Kier alpha value is 0.984. The summed E-state index contributed by atoms with van der Waals surface area (Å²) in [5.41, 5.74) is 0. The van der Waals surface area contributed by atoms with Crippen molar-refractivity contribution in [2.45, 2.75) is 0 Å². The van der Waals surface area contributed by atoms with Crippen molar-refractivity contribution in [1.82, 2.24) is 0 Å². The summed E-state index contributed by atoms with van der Waals surface area (Å²) >= 11 is 0. The maximum Gasteiger partial charge on any atom is 0.668 e. The quantitative estimate of drug-likeness (QED) is 0.196. The Morgan fingerprint density at radius 2 is 0.455 bits per heavy atom. The van der Waals surface area contributed by atoms with Crippen LogP contribution in [-0.2, 0) is 25.8 Å². The molecule has 0 aliphatic carbocycles. The number of hydrogen-bond acceptors (Lipinski definition) is 8. The molecule has 0 fully saturated rings. The van der Waals surface area contributed by atoms with Gasteiger partial charge in [-0.2, -0.15) is 0 Å². The number of rotatable bonds is 0. The van der Waals surface area contributed by atoms with Gasteiger partial charge >= 0.3 is 18.1 Å². The van der Waals surface area contributed by atoms with Gasteiger partial charge in [0.05, 0.1) is 0 Å². The van der Waals surface area contributed by atoms with Gasteiger partial charge in [-0.3, -0.25) is 0 Å². The first-order chi connectivity index (χ1) is 4.00. The van der Waals surface area contributed by atoms with Crippen LogP contribution < -0.4 is 0 Å². The summed E-state index contributed by atoms with van der Waals surface area (Å²) in [5, 5.41) is 0. The van der Waals surface area contributed by atoms with Crippen molar-refractivity contribution in [2.75, 3.05) is 0 Å². The fourth-order valence-corrected chi connectivity index (χ4v) is 0. The molecule has 0 rings (SSSR count). The summed E-state index contributed by atoms with van der Waals surface area (Å²) in [6, 6.07) is 0. The zero-order valence-corrected chi connectivity index (χ0v) is 10.7. The minimum Gasteiger partial charge on any atom is -0.368 e. The van der Waals surface area contributed by atoms with Crippen LogP contribution in [0.25, 0.3) is 0 Å². The Morgan fingerprint density at radius 1 is 0.455 bits per heavy atom. The zero-order chi connectivity index (χ0) is 9.00. The molecule has 0 bridgehead atoms. The standard InChI is InChI=1S/Hf.2H4O4Si/c;2*1-5(2,3)4/h;2*1-4H. The molecule has 0 aromatic heterocycles. The Labute approximate surface area is 82.4 Å². The summed E-state index contributed by atoms with van der Waals surface area (Å²) in [6.45, 7) is 0. The van der Waals surface area contributed by atoms with Crippen LogP contribution in [0.3, 0.4) is 0 Å². The third kappa shape index (κ3) is 916. The summed E-state index contributed by atoms with van der Waals surface area (Å²) < 4.78 is 0. The minimum absolute atomic E-state index is 0. The second-order valence-corrected chi connectivity index (χ2v) is 3.60. The van der Waals surface area contributed by atoms with E-state index < -0.39 is 18.1 Å². The third-order valence-electron chi connectivity index (χ3n) is 0. The zero-order valence-electron chi connectivity index (χ0n) is 5.08. The van der Waals surface area contributed by atoms with Crippen LogP contribution in [0.4, 0.5) is 0 Å². The van der Waals surface area contributed by atoms with Gasteiger partial charge in [-0.15, -0.1) is 0 Å². The first-order valence-electron chi connectivity index (χ1n) is 1.79. The molecule has 68 valence electrons. The molecule has 8 N–H and O–H groups in total. The normalized spacial score (nSPS) is 10.9. The summed E-state index contributed by atoms with van der Waals surface area (Å²) in [4.78, 5) is 58.6. The molecule has 0 aliphatic rings. The molecule has 11 heavy (non-hydrogen) atoms. The molecule has 11 heteroatoms. The van der Waals surface area contributed by atoms with Gasteiger partial charge in [0.25, 0.3) is 0 Å². The van der Waals surface area contributed by atoms with Crippen LogP contribution in [0.1, 0.15) is 0 Å². The predicted octanol–water partition coefficient (Wildman–Crippen LogP) is -5.22. The van der Waals surface area contributed by atoms with E-state index >= 15 is 0 Å². The van der Waals surface area contributed by atoms with E-state index in [9.17, 15) is 0 Å². The molecule has 8 nitrogen and oxygen atoms in total. The van der Waals surface area contributed by atoms with Crippen LogP contribution in [0.2, 0.25) is 0 Å². The average molecular weight is 371 g/mol. The molecule has 0 aromatic carbocycles. The second kappa shape index (κ2) is 6.49. The van der Waals surface area contributed by atoms with Crippen molar-refractivity contribution in [2.24, 2.45) is 0 Å². The van der Waals surface area contributed by atoms with E-state index in [0.29, 0.717) is 0 Å². The molecular formula is H8HfO8Si2.